The van der Waals surface area contributed by atoms with Gasteiger partial charge in [-0.25, -0.2) is 8.78 Å². The van der Waals surface area contributed by atoms with Crippen molar-refractivity contribution >= 4 is 0 Å². The van der Waals surface area contributed by atoms with Gasteiger partial charge in [-0.2, -0.15) is 0 Å². The molecule has 1 aliphatic rings. The molecule has 1 fully saturated rings. The highest BCUT2D eigenvalue weighted by Crippen LogP contribution is 2.47. The Morgan fingerprint density at radius 2 is 1.69 bits per heavy atom. The van der Waals surface area contributed by atoms with Crippen molar-refractivity contribution in [3.05, 3.63) is 34.9 Å². The molecular formula is C10H10F2O. The molecule has 1 N–H and O–H groups in total. The van der Waals surface area contributed by atoms with Gasteiger partial charge >= 0.3 is 0 Å². The largest absolute Gasteiger partial charge is 0.385 e. The Morgan fingerprint density at radius 3 is 2.08 bits per heavy atom. The lowest BCUT2D eigenvalue weighted by molar-refractivity contribution is 0.141. The van der Waals surface area contributed by atoms with E-state index in [0.29, 0.717) is 18.4 Å². The molecule has 3 heteroatoms. The van der Waals surface area contributed by atoms with E-state index >= 15 is 0 Å². The van der Waals surface area contributed by atoms with Crippen LogP contribution in [0.4, 0.5) is 8.78 Å². The van der Waals surface area contributed by atoms with E-state index in [1.807, 2.05) is 0 Å². The summed E-state index contributed by atoms with van der Waals surface area (Å²) in [6, 6.07) is 2.49. The van der Waals surface area contributed by atoms with Gasteiger partial charge in [-0.15, -0.1) is 0 Å². The van der Waals surface area contributed by atoms with E-state index in [2.05, 4.69) is 0 Å². The van der Waals surface area contributed by atoms with Crippen molar-refractivity contribution in [2.24, 2.45) is 0 Å². The lowest BCUT2D eigenvalue weighted by Gasteiger charge is -2.11. The van der Waals surface area contributed by atoms with Gasteiger partial charge in [0.05, 0.1) is 11.2 Å². The number of benzene rings is 1. The van der Waals surface area contributed by atoms with Crippen LogP contribution in [0.5, 0.6) is 0 Å². The predicted octanol–water partition coefficient (Wildman–Crippen LogP) is 2.25. The highest BCUT2D eigenvalue weighted by Gasteiger charge is 2.46. The molecule has 0 spiro atoms. The van der Waals surface area contributed by atoms with Crippen LogP contribution in [0.25, 0.3) is 0 Å². The van der Waals surface area contributed by atoms with Crippen LogP contribution >= 0.6 is 0 Å². The van der Waals surface area contributed by atoms with Crippen molar-refractivity contribution in [2.75, 3.05) is 0 Å². The summed E-state index contributed by atoms with van der Waals surface area (Å²) in [7, 11) is 0. The Labute approximate surface area is 75.0 Å². The van der Waals surface area contributed by atoms with E-state index in [9.17, 15) is 13.9 Å². The zero-order chi connectivity index (χ0) is 9.64. The summed E-state index contributed by atoms with van der Waals surface area (Å²) < 4.78 is 26.5. The Hall–Kier alpha value is -0.960. The molecule has 1 saturated carbocycles. The van der Waals surface area contributed by atoms with Gasteiger partial charge in [-0.1, -0.05) is 0 Å². The zero-order valence-corrected chi connectivity index (χ0v) is 7.27. The van der Waals surface area contributed by atoms with Crippen LogP contribution in [0.1, 0.15) is 24.0 Å². The molecule has 2 rings (SSSR count). The summed E-state index contributed by atoms with van der Waals surface area (Å²) in [4.78, 5) is 0. The van der Waals surface area contributed by atoms with Crippen LogP contribution in [-0.4, -0.2) is 5.11 Å². The highest BCUT2D eigenvalue weighted by molar-refractivity contribution is 5.33. The van der Waals surface area contributed by atoms with Gasteiger partial charge in [0.25, 0.3) is 0 Å². The minimum Gasteiger partial charge on any atom is -0.385 e. The Bertz CT molecular complexity index is 333. The monoisotopic (exact) mass is 184 g/mol. The molecule has 0 bridgehead atoms. The van der Waals surface area contributed by atoms with Crippen molar-refractivity contribution in [1.82, 2.24) is 0 Å². The molecule has 0 heterocycles. The summed E-state index contributed by atoms with van der Waals surface area (Å²) in [5, 5.41) is 9.57. The van der Waals surface area contributed by atoms with Gasteiger partial charge in [-0.05, 0) is 37.5 Å². The average Bonchev–Trinajstić information content (AvgIpc) is 2.65. The van der Waals surface area contributed by atoms with E-state index in [4.69, 9.17) is 0 Å². The van der Waals surface area contributed by atoms with Crippen molar-refractivity contribution in [1.29, 1.82) is 0 Å². The van der Waals surface area contributed by atoms with Crippen LogP contribution in [0, 0.1) is 18.6 Å². The second-order valence-electron chi connectivity index (χ2n) is 3.64. The van der Waals surface area contributed by atoms with E-state index in [-0.39, 0.29) is 5.56 Å². The van der Waals surface area contributed by atoms with Gasteiger partial charge in [0.2, 0.25) is 0 Å². The number of aliphatic hydroxyl groups is 1. The Balaban J connectivity index is 2.57. The minimum absolute atomic E-state index is 0.168. The molecule has 0 aromatic heterocycles. The SMILES string of the molecule is Cc1cc(F)c(C2(O)CC2)c(F)c1. The maximum atomic E-state index is 13.2. The van der Waals surface area contributed by atoms with Crippen molar-refractivity contribution in [3.8, 4) is 0 Å². The molecule has 70 valence electrons. The summed E-state index contributed by atoms with van der Waals surface area (Å²) in [6.45, 7) is 1.62. The topological polar surface area (TPSA) is 20.2 Å². The van der Waals surface area contributed by atoms with Gasteiger partial charge < -0.3 is 5.11 Å². The highest BCUT2D eigenvalue weighted by atomic mass is 19.1. The second-order valence-corrected chi connectivity index (χ2v) is 3.64. The quantitative estimate of drug-likeness (QED) is 0.709. The molecule has 1 aromatic carbocycles. The number of halogens is 2. The van der Waals surface area contributed by atoms with Gasteiger partial charge in [0.1, 0.15) is 11.6 Å². The molecule has 0 saturated heterocycles. The van der Waals surface area contributed by atoms with Gasteiger partial charge in [-0.3, -0.25) is 0 Å². The molecule has 0 unspecified atom stereocenters. The first-order valence-electron chi connectivity index (χ1n) is 4.21. The zero-order valence-electron chi connectivity index (χ0n) is 7.27. The van der Waals surface area contributed by atoms with Crippen LogP contribution in [0.2, 0.25) is 0 Å². The fraction of sp³-hybridized carbons (Fsp3) is 0.400. The lowest BCUT2D eigenvalue weighted by Crippen LogP contribution is -2.10. The van der Waals surface area contributed by atoms with E-state index < -0.39 is 17.2 Å². The first kappa shape index (κ1) is 8.63. The molecule has 1 nitrogen and oxygen atoms in total. The van der Waals surface area contributed by atoms with Crippen LogP contribution in [0.15, 0.2) is 12.1 Å². The third kappa shape index (κ3) is 1.33. The molecule has 0 radical (unpaired) electrons. The van der Waals surface area contributed by atoms with Gasteiger partial charge in [0.15, 0.2) is 0 Å². The molecule has 0 atom stereocenters. The molecule has 0 amide bonds. The first-order chi connectivity index (χ1) is 6.03. The molecule has 1 aliphatic carbocycles. The number of aryl methyl sites for hydroxylation is 1. The molecular weight excluding hydrogens is 174 g/mol. The Kier molecular flexibility index (Phi) is 1.67. The number of hydrogen-bond donors (Lipinski definition) is 1. The van der Waals surface area contributed by atoms with E-state index in [1.165, 1.54) is 12.1 Å². The fourth-order valence-electron chi connectivity index (χ4n) is 1.51. The van der Waals surface area contributed by atoms with Crippen molar-refractivity contribution in [3.63, 3.8) is 0 Å². The summed E-state index contributed by atoms with van der Waals surface area (Å²) in [5.74, 6) is -1.28. The fourth-order valence-corrected chi connectivity index (χ4v) is 1.51. The summed E-state index contributed by atoms with van der Waals surface area (Å²) in [6.07, 6.45) is 0.897. The van der Waals surface area contributed by atoms with Crippen LogP contribution < -0.4 is 0 Å². The van der Waals surface area contributed by atoms with E-state index in [0.717, 1.165) is 0 Å². The number of hydrogen-bond acceptors (Lipinski definition) is 1. The smallest absolute Gasteiger partial charge is 0.132 e. The minimum atomic E-state index is -1.23. The summed E-state index contributed by atoms with van der Waals surface area (Å²) >= 11 is 0. The second kappa shape index (κ2) is 2.51. The predicted molar refractivity (Wildman–Crippen MR) is 44.2 cm³/mol. The summed E-state index contributed by atoms with van der Waals surface area (Å²) in [5.41, 5.74) is -0.872. The van der Waals surface area contributed by atoms with Crippen molar-refractivity contribution in [2.45, 2.75) is 25.4 Å². The third-order valence-corrected chi connectivity index (χ3v) is 2.38. The van der Waals surface area contributed by atoms with E-state index in [1.54, 1.807) is 6.92 Å². The lowest BCUT2D eigenvalue weighted by atomic mass is 10.0. The molecule has 1 aromatic rings. The molecule has 0 aliphatic heterocycles. The molecule has 13 heavy (non-hydrogen) atoms. The normalized spacial score (nSPS) is 18.8. The van der Waals surface area contributed by atoms with Crippen LogP contribution in [-0.2, 0) is 5.60 Å². The van der Waals surface area contributed by atoms with Gasteiger partial charge in [0, 0.05) is 0 Å². The third-order valence-electron chi connectivity index (χ3n) is 2.38. The first-order valence-corrected chi connectivity index (χ1v) is 4.21. The average molecular weight is 184 g/mol. The van der Waals surface area contributed by atoms with Crippen molar-refractivity contribution < 1.29 is 13.9 Å². The van der Waals surface area contributed by atoms with Crippen LogP contribution in [0.3, 0.4) is 0 Å². The maximum Gasteiger partial charge on any atom is 0.132 e. The number of rotatable bonds is 1. The maximum absolute atomic E-state index is 13.2. The Morgan fingerprint density at radius 1 is 1.23 bits per heavy atom. The standard InChI is InChI=1S/C10H10F2O/c1-6-4-7(11)9(8(12)5-6)10(13)2-3-10/h4-5,13H,2-3H2,1H3.